The number of rotatable bonds is 5. The fraction of sp³-hybridized carbons (Fsp3) is 0.565. The SMILES string of the molecule is CN(C)C1(C2C=CC=CC2)CCC2(CC1)CN(c1cnc(C#N)nc1)C(=O)N2CCO. The van der Waals surface area contributed by atoms with E-state index < -0.39 is 0 Å². The zero-order chi connectivity index (χ0) is 22.1. The number of urea groups is 1. The number of amides is 2. The Hall–Kier alpha value is -2.76. The van der Waals surface area contributed by atoms with Crippen molar-refractivity contribution >= 4 is 11.7 Å². The lowest BCUT2D eigenvalue weighted by Crippen LogP contribution is -2.59. The lowest BCUT2D eigenvalue weighted by Gasteiger charge is -2.53. The van der Waals surface area contributed by atoms with Crippen molar-refractivity contribution in [1.82, 2.24) is 19.8 Å². The molecule has 2 fully saturated rings. The number of nitrogens with zero attached hydrogens (tertiary/aromatic N) is 6. The molecule has 1 aliphatic heterocycles. The summed E-state index contributed by atoms with van der Waals surface area (Å²) in [5.41, 5.74) is 0.334. The summed E-state index contributed by atoms with van der Waals surface area (Å²) < 4.78 is 0. The van der Waals surface area contributed by atoms with Crippen LogP contribution in [-0.2, 0) is 0 Å². The van der Waals surface area contributed by atoms with Crippen LogP contribution in [0.1, 0.15) is 37.9 Å². The molecule has 0 radical (unpaired) electrons. The van der Waals surface area contributed by atoms with E-state index in [2.05, 4.69) is 53.3 Å². The van der Waals surface area contributed by atoms with E-state index in [0.29, 0.717) is 24.7 Å². The molecule has 3 aliphatic rings. The van der Waals surface area contributed by atoms with Gasteiger partial charge in [-0.3, -0.25) is 4.90 Å². The Morgan fingerprint density at radius 2 is 1.94 bits per heavy atom. The van der Waals surface area contributed by atoms with Crippen molar-refractivity contribution in [3.05, 3.63) is 42.5 Å². The Morgan fingerprint density at radius 1 is 1.23 bits per heavy atom. The Kier molecular flexibility index (Phi) is 5.82. The van der Waals surface area contributed by atoms with Crippen molar-refractivity contribution in [2.75, 3.05) is 38.7 Å². The van der Waals surface area contributed by atoms with Crippen LogP contribution in [0.25, 0.3) is 0 Å². The first kappa shape index (κ1) is 21.5. The third kappa shape index (κ3) is 3.62. The second-order valence-corrected chi connectivity index (χ2v) is 9.00. The van der Waals surface area contributed by atoms with Crippen molar-refractivity contribution in [1.29, 1.82) is 5.26 Å². The van der Waals surface area contributed by atoms with Gasteiger partial charge in [-0.2, -0.15) is 5.26 Å². The molecule has 8 nitrogen and oxygen atoms in total. The number of aliphatic hydroxyl groups excluding tert-OH is 1. The molecule has 1 unspecified atom stereocenters. The van der Waals surface area contributed by atoms with Gasteiger partial charge < -0.3 is 14.9 Å². The number of hydrogen-bond donors (Lipinski definition) is 1. The smallest absolute Gasteiger partial charge is 0.325 e. The zero-order valence-corrected chi connectivity index (χ0v) is 18.2. The molecule has 164 valence electrons. The summed E-state index contributed by atoms with van der Waals surface area (Å²) in [6, 6.07) is 1.78. The number of carbonyl (C=O) groups is 1. The molecular weight excluding hydrogens is 392 g/mol. The van der Waals surface area contributed by atoms with Gasteiger partial charge in [0.25, 0.3) is 0 Å². The molecule has 8 heteroatoms. The molecule has 0 bridgehead atoms. The number of β-amino-alcohol motifs (C(OH)–C–C–N with tert-alkyl or cyclic N) is 1. The van der Waals surface area contributed by atoms with Gasteiger partial charge in [0.15, 0.2) is 0 Å². The molecule has 2 heterocycles. The molecule has 1 saturated carbocycles. The van der Waals surface area contributed by atoms with E-state index in [1.54, 1.807) is 4.90 Å². The number of carbonyl (C=O) groups excluding carboxylic acids is 1. The van der Waals surface area contributed by atoms with Crippen LogP contribution in [0.4, 0.5) is 10.5 Å². The molecule has 1 aromatic heterocycles. The average Bonchev–Trinajstić information content (AvgIpc) is 3.07. The molecule has 2 aliphatic carbocycles. The number of allylic oxidation sites excluding steroid dienone is 3. The van der Waals surface area contributed by atoms with Crippen molar-refractivity contribution < 1.29 is 9.90 Å². The topological polar surface area (TPSA) is 96.6 Å². The fourth-order valence-corrected chi connectivity index (χ4v) is 5.65. The summed E-state index contributed by atoms with van der Waals surface area (Å²) in [6.07, 6.45) is 16.6. The van der Waals surface area contributed by atoms with Crippen molar-refractivity contribution in [3.63, 3.8) is 0 Å². The third-order valence-corrected chi connectivity index (χ3v) is 7.47. The summed E-state index contributed by atoms with van der Waals surface area (Å²) in [6.45, 7) is 0.790. The largest absolute Gasteiger partial charge is 0.395 e. The number of anilines is 1. The molecule has 1 saturated heterocycles. The second kappa shape index (κ2) is 8.40. The molecule has 2 amide bonds. The maximum Gasteiger partial charge on any atom is 0.325 e. The average molecular weight is 423 g/mol. The maximum atomic E-state index is 13.3. The molecule has 1 atom stereocenters. The Labute approximate surface area is 183 Å². The summed E-state index contributed by atoms with van der Waals surface area (Å²) in [7, 11) is 4.33. The minimum atomic E-state index is -0.318. The van der Waals surface area contributed by atoms with Gasteiger partial charge in [-0.05, 0) is 52.1 Å². The minimum Gasteiger partial charge on any atom is -0.395 e. The molecule has 4 rings (SSSR count). The molecule has 1 N–H and O–H groups in total. The lowest BCUT2D eigenvalue weighted by atomic mass is 9.64. The van der Waals surface area contributed by atoms with Gasteiger partial charge in [0.2, 0.25) is 5.82 Å². The van der Waals surface area contributed by atoms with E-state index in [4.69, 9.17) is 5.26 Å². The standard InChI is InChI=1S/C23H30N6O2/c1-27(2)23(18-6-4-3-5-7-18)10-8-22(9-11-23)17-28(21(31)29(22)12-13-30)19-15-25-20(14-24)26-16-19/h3-6,15-16,18,30H,7-13,17H2,1-2H3. The van der Waals surface area contributed by atoms with Crippen LogP contribution >= 0.6 is 0 Å². The highest BCUT2D eigenvalue weighted by atomic mass is 16.3. The molecule has 0 aromatic carbocycles. The fourth-order valence-electron chi connectivity index (χ4n) is 5.65. The predicted molar refractivity (Wildman–Crippen MR) is 117 cm³/mol. The summed E-state index contributed by atoms with van der Waals surface area (Å²) in [4.78, 5) is 27.3. The number of nitriles is 1. The second-order valence-electron chi connectivity index (χ2n) is 9.00. The highest BCUT2D eigenvalue weighted by Crippen LogP contribution is 2.49. The Balaban J connectivity index is 1.59. The van der Waals surface area contributed by atoms with E-state index >= 15 is 0 Å². The third-order valence-electron chi connectivity index (χ3n) is 7.47. The van der Waals surface area contributed by atoms with E-state index in [0.717, 1.165) is 32.1 Å². The van der Waals surface area contributed by atoms with Gasteiger partial charge in [-0.15, -0.1) is 0 Å². The quantitative estimate of drug-likeness (QED) is 0.782. The van der Waals surface area contributed by atoms with Crippen LogP contribution in [0.3, 0.4) is 0 Å². The highest BCUT2D eigenvalue weighted by molar-refractivity contribution is 5.95. The van der Waals surface area contributed by atoms with Crippen LogP contribution in [0.5, 0.6) is 0 Å². The first-order chi connectivity index (χ1) is 15.0. The van der Waals surface area contributed by atoms with E-state index in [-0.39, 0.29) is 29.5 Å². The van der Waals surface area contributed by atoms with Gasteiger partial charge in [-0.25, -0.2) is 14.8 Å². The Bertz CT molecular complexity index is 909. The van der Waals surface area contributed by atoms with Gasteiger partial charge in [0.05, 0.1) is 36.8 Å². The van der Waals surface area contributed by atoms with Crippen LogP contribution < -0.4 is 4.90 Å². The van der Waals surface area contributed by atoms with Crippen LogP contribution in [-0.4, -0.2) is 75.8 Å². The number of aromatic nitrogens is 2. The van der Waals surface area contributed by atoms with E-state index in [1.165, 1.54) is 12.4 Å². The van der Waals surface area contributed by atoms with Crippen LogP contribution in [0, 0.1) is 17.2 Å². The summed E-state index contributed by atoms with van der Waals surface area (Å²) in [5, 5.41) is 18.6. The maximum absolute atomic E-state index is 13.3. The normalized spacial score (nSPS) is 30.4. The number of hydrogen-bond acceptors (Lipinski definition) is 6. The molecular formula is C23H30N6O2. The summed E-state index contributed by atoms with van der Waals surface area (Å²) in [5.74, 6) is 0.539. The predicted octanol–water partition coefficient (Wildman–Crippen LogP) is 2.33. The number of aliphatic hydroxyl groups is 1. The monoisotopic (exact) mass is 422 g/mol. The molecule has 1 spiro atoms. The summed E-state index contributed by atoms with van der Waals surface area (Å²) >= 11 is 0. The van der Waals surface area contributed by atoms with Crippen LogP contribution in [0.2, 0.25) is 0 Å². The Morgan fingerprint density at radius 3 is 2.48 bits per heavy atom. The van der Waals surface area contributed by atoms with Gasteiger partial charge >= 0.3 is 6.03 Å². The first-order valence-corrected chi connectivity index (χ1v) is 10.9. The first-order valence-electron chi connectivity index (χ1n) is 10.9. The van der Waals surface area contributed by atoms with Crippen LogP contribution in [0.15, 0.2) is 36.7 Å². The van der Waals surface area contributed by atoms with Gasteiger partial charge in [-0.1, -0.05) is 24.3 Å². The van der Waals surface area contributed by atoms with Crippen molar-refractivity contribution in [2.24, 2.45) is 5.92 Å². The van der Waals surface area contributed by atoms with Crippen molar-refractivity contribution in [2.45, 2.75) is 43.2 Å². The molecule has 31 heavy (non-hydrogen) atoms. The van der Waals surface area contributed by atoms with Gasteiger partial charge in [0.1, 0.15) is 6.07 Å². The minimum absolute atomic E-state index is 0.0609. The molecule has 1 aromatic rings. The van der Waals surface area contributed by atoms with E-state index in [9.17, 15) is 9.90 Å². The zero-order valence-electron chi connectivity index (χ0n) is 18.2. The van der Waals surface area contributed by atoms with E-state index in [1.807, 2.05) is 11.0 Å². The van der Waals surface area contributed by atoms with Crippen molar-refractivity contribution in [3.8, 4) is 6.07 Å². The lowest BCUT2D eigenvalue weighted by molar-refractivity contribution is 0.000399. The highest BCUT2D eigenvalue weighted by Gasteiger charge is 2.55. The van der Waals surface area contributed by atoms with Gasteiger partial charge in [0, 0.05) is 12.1 Å².